The second kappa shape index (κ2) is 12.2. The minimum absolute atomic E-state index is 0.0173. The summed E-state index contributed by atoms with van der Waals surface area (Å²) >= 11 is 0. The number of esters is 1. The largest absolute Gasteiger partial charge is 0.463 e. The van der Waals surface area contributed by atoms with E-state index in [1.54, 1.807) is 0 Å². The van der Waals surface area contributed by atoms with Gasteiger partial charge in [0.25, 0.3) is 0 Å². The van der Waals surface area contributed by atoms with Gasteiger partial charge in [0.1, 0.15) is 6.10 Å². The van der Waals surface area contributed by atoms with Crippen LogP contribution in [-0.4, -0.2) is 23.3 Å². The van der Waals surface area contributed by atoms with Crippen LogP contribution in [0, 0.1) is 52.3 Å². The second-order valence-corrected chi connectivity index (χ2v) is 15.3. The van der Waals surface area contributed by atoms with E-state index in [2.05, 4.69) is 94.4 Å². The van der Waals surface area contributed by atoms with Crippen LogP contribution in [0.4, 0.5) is 0 Å². The highest BCUT2D eigenvalue weighted by molar-refractivity contribution is 5.79. The van der Waals surface area contributed by atoms with Gasteiger partial charge in [0.2, 0.25) is 0 Å². The topological polar surface area (TPSA) is 46.5 Å². The van der Waals surface area contributed by atoms with Crippen molar-refractivity contribution in [2.75, 3.05) is 0 Å². The van der Waals surface area contributed by atoms with E-state index in [1.165, 1.54) is 49.3 Å². The standard InChI is InChI=1S/C40H54O3/c1-6-31-36-25-30(43-27(3)41)21-23-40(36,5)35-22-24-39(4)33(19-20-34(39)37(35)38(31)42)26(2)17-18-32(28-13-9-7-10-14-28)29-15-11-8-12-16-29/h7-16,18,26,30-31,33-38,42H,6,17,19-25H2,1-5H3/t26-,30-,31-,33-,34?,35?,36+,37+,38-,39-,40-/m1/s1. The van der Waals surface area contributed by atoms with E-state index in [9.17, 15) is 9.90 Å². The molecule has 2 unspecified atom stereocenters. The maximum absolute atomic E-state index is 12.2. The fourth-order valence-corrected chi connectivity index (χ4v) is 11.4. The lowest BCUT2D eigenvalue weighted by atomic mass is 9.41. The van der Waals surface area contributed by atoms with E-state index in [0.29, 0.717) is 41.4 Å². The molecule has 4 fully saturated rings. The van der Waals surface area contributed by atoms with Gasteiger partial charge in [0.05, 0.1) is 6.10 Å². The van der Waals surface area contributed by atoms with E-state index < -0.39 is 0 Å². The van der Waals surface area contributed by atoms with E-state index in [-0.39, 0.29) is 29.0 Å². The van der Waals surface area contributed by atoms with Crippen LogP contribution in [0.1, 0.15) is 104 Å². The summed E-state index contributed by atoms with van der Waals surface area (Å²) in [6.45, 7) is 11.4. The summed E-state index contributed by atoms with van der Waals surface area (Å²) in [5.74, 6) is 3.41. The van der Waals surface area contributed by atoms with Crippen LogP contribution in [0.3, 0.4) is 0 Å². The van der Waals surface area contributed by atoms with Gasteiger partial charge in [-0.15, -0.1) is 0 Å². The lowest BCUT2D eigenvalue weighted by Gasteiger charge is -2.64. The number of carbonyl (C=O) groups is 1. The Kier molecular flexibility index (Phi) is 8.68. The summed E-state index contributed by atoms with van der Waals surface area (Å²) in [4.78, 5) is 11.8. The minimum Gasteiger partial charge on any atom is -0.463 e. The first-order valence-electron chi connectivity index (χ1n) is 17.3. The first kappa shape index (κ1) is 30.6. The van der Waals surface area contributed by atoms with Gasteiger partial charge in [-0.3, -0.25) is 4.79 Å². The van der Waals surface area contributed by atoms with Crippen molar-refractivity contribution < 1.29 is 14.6 Å². The summed E-state index contributed by atoms with van der Waals surface area (Å²) < 4.78 is 5.75. The zero-order valence-corrected chi connectivity index (χ0v) is 27.2. The van der Waals surface area contributed by atoms with Gasteiger partial charge in [-0.25, -0.2) is 0 Å². The zero-order chi connectivity index (χ0) is 30.4. The Morgan fingerprint density at radius 1 is 0.907 bits per heavy atom. The molecule has 1 N–H and O–H groups in total. The van der Waals surface area contributed by atoms with Crippen LogP contribution < -0.4 is 0 Å². The highest BCUT2D eigenvalue weighted by Crippen LogP contribution is 2.69. The average molecular weight is 583 g/mol. The number of aliphatic hydroxyl groups excluding tert-OH is 1. The van der Waals surface area contributed by atoms with Crippen LogP contribution >= 0.6 is 0 Å². The SMILES string of the molecule is CC[C@H]1[C@@H](O)[C@H]2C3CC[C@H]([C@H](C)CC=C(c4ccccc4)c4ccccc4)[C@@]3(C)CCC2[C@@]2(C)CC[C@@H](OC(C)=O)C[C@@H]12. The molecule has 0 amide bonds. The molecule has 0 aliphatic heterocycles. The van der Waals surface area contributed by atoms with Crippen LogP contribution in [0.5, 0.6) is 0 Å². The molecular formula is C40H54O3. The van der Waals surface area contributed by atoms with Gasteiger partial charge in [-0.2, -0.15) is 0 Å². The summed E-state index contributed by atoms with van der Waals surface area (Å²) in [5.41, 5.74) is 4.44. The first-order valence-corrected chi connectivity index (χ1v) is 17.3. The van der Waals surface area contributed by atoms with Gasteiger partial charge in [0, 0.05) is 6.92 Å². The van der Waals surface area contributed by atoms with Gasteiger partial charge in [-0.05, 0) is 120 Å². The highest BCUT2D eigenvalue weighted by Gasteiger charge is 2.65. The smallest absolute Gasteiger partial charge is 0.302 e. The number of benzene rings is 2. The lowest BCUT2D eigenvalue weighted by Crippen LogP contribution is -2.62. The van der Waals surface area contributed by atoms with Gasteiger partial charge in [-0.1, -0.05) is 101 Å². The molecule has 11 atom stereocenters. The van der Waals surface area contributed by atoms with Gasteiger partial charge >= 0.3 is 5.97 Å². The van der Waals surface area contributed by atoms with Crippen LogP contribution in [0.15, 0.2) is 66.7 Å². The molecule has 2 aromatic rings. The molecule has 2 aromatic carbocycles. The Hall–Kier alpha value is -2.39. The molecule has 0 radical (unpaired) electrons. The molecule has 4 aliphatic rings. The number of carbonyl (C=O) groups excluding carboxylic acids is 1. The third-order valence-corrected chi connectivity index (χ3v) is 13.3. The maximum atomic E-state index is 12.2. The van der Waals surface area contributed by atoms with Crippen molar-refractivity contribution in [3.05, 3.63) is 77.9 Å². The van der Waals surface area contributed by atoms with Crippen molar-refractivity contribution in [1.29, 1.82) is 0 Å². The van der Waals surface area contributed by atoms with E-state index in [0.717, 1.165) is 32.1 Å². The van der Waals surface area contributed by atoms with Gasteiger partial charge < -0.3 is 9.84 Å². The van der Waals surface area contributed by atoms with Crippen molar-refractivity contribution in [3.63, 3.8) is 0 Å². The Labute approximate surface area is 260 Å². The van der Waals surface area contributed by atoms with E-state index in [1.807, 2.05) is 0 Å². The minimum atomic E-state index is -0.245. The summed E-state index contributed by atoms with van der Waals surface area (Å²) in [7, 11) is 0. The van der Waals surface area contributed by atoms with Crippen molar-refractivity contribution >= 4 is 11.5 Å². The van der Waals surface area contributed by atoms with E-state index in [4.69, 9.17) is 4.74 Å². The molecule has 3 heteroatoms. The molecule has 0 spiro atoms. The van der Waals surface area contributed by atoms with Crippen molar-refractivity contribution in [2.45, 2.75) is 105 Å². The predicted octanol–water partition coefficient (Wildman–Crippen LogP) is 9.34. The molecule has 0 bridgehead atoms. The fraction of sp³-hybridized carbons (Fsp3) is 0.625. The number of hydrogen-bond donors (Lipinski definition) is 1. The Morgan fingerprint density at radius 2 is 1.51 bits per heavy atom. The summed E-state index contributed by atoms with van der Waals surface area (Å²) in [6, 6.07) is 21.7. The van der Waals surface area contributed by atoms with Crippen LogP contribution in [0.25, 0.3) is 5.57 Å². The lowest BCUT2D eigenvalue weighted by molar-refractivity contribution is -0.207. The number of ether oxygens (including phenoxy) is 1. The molecule has 0 heterocycles. The van der Waals surface area contributed by atoms with Crippen molar-refractivity contribution in [1.82, 2.24) is 0 Å². The van der Waals surface area contributed by atoms with Crippen molar-refractivity contribution in [3.8, 4) is 0 Å². The summed E-state index contributed by atoms with van der Waals surface area (Å²) in [6.07, 6.45) is 12.4. The van der Waals surface area contributed by atoms with Crippen LogP contribution in [-0.2, 0) is 9.53 Å². The Balaban J connectivity index is 1.24. The van der Waals surface area contributed by atoms with Crippen LogP contribution in [0.2, 0.25) is 0 Å². The second-order valence-electron chi connectivity index (χ2n) is 15.3. The third kappa shape index (κ3) is 5.43. The number of rotatable bonds is 7. The van der Waals surface area contributed by atoms with E-state index >= 15 is 0 Å². The number of hydrogen-bond acceptors (Lipinski definition) is 3. The average Bonchev–Trinajstić information content (AvgIpc) is 3.36. The first-order chi connectivity index (χ1) is 20.7. The molecular weight excluding hydrogens is 528 g/mol. The molecule has 232 valence electrons. The maximum Gasteiger partial charge on any atom is 0.302 e. The number of aliphatic hydroxyl groups is 1. The Bertz CT molecular complexity index is 1240. The molecule has 6 rings (SSSR count). The van der Waals surface area contributed by atoms with Gasteiger partial charge in [0.15, 0.2) is 0 Å². The predicted molar refractivity (Wildman–Crippen MR) is 175 cm³/mol. The molecule has 43 heavy (non-hydrogen) atoms. The van der Waals surface area contributed by atoms with Crippen molar-refractivity contribution in [2.24, 2.45) is 52.3 Å². The fourth-order valence-electron chi connectivity index (χ4n) is 11.4. The highest BCUT2D eigenvalue weighted by atomic mass is 16.5. The number of allylic oxidation sites excluding steroid dienone is 1. The zero-order valence-electron chi connectivity index (χ0n) is 27.2. The molecule has 0 aromatic heterocycles. The summed E-state index contributed by atoms with van der Waals surface area (Å²) in [5, 5.41) is 12.2. The molecule has 3 nitrogen and oxygen atoms in total. The molecule has 4 saturated carbocycles. The quantitative estimate of drug-likeness (QED) is 0.331. The molecule has 0 saturated heterocycles. The third-order valence-electron chi connectivity index (χ3n) is 13.3. The normalized spacial score (nSPS) is 39.1. The Morgan fingerprint density at radius 3 is 2.12 bits per heavy atom. The number of fused-ring (bicyclic) bond motifs is 5. The monoisotopic (exact) mass is 582 g/mol. The molecule has 4 aliphatic carbocycles.